The fourth-order valence-electron chi connectivity index (χ4n) is 6.67. The molecule has 0 saturated heterocycles. The molecule has 0 saturated carbocycles. The van der Waals surface area contributed by atoms with Crippen LogP contribution in [0.4, 0.5) is 0 Å². The highest BCUT2D eigenvalue weighted by Gasteiger charge is 2.21. The molecule has 6 aromatic rings. The predicted octanol–water partition coefficient (Wildman–Crippen LogP) is 5.87. The van der Waals surface area contributed by atoms with Gasteiger partial charge in [-0.05, 0) is 65.1 Å². The SMILES string of the molecule is COc1cc(OCc2cccc(-c3cccc4c3cnn4Cc3cc(OCc4cncc(C#N)c4)c(CN[C@@H](CO)C(=O)O)cc3Cl)c2C)c(Cl)cc1CN[C@@H](CO)C(=O)O. The summed E-state index contributed by atoms with van der Waals surface area (Å²) in [5, 5.41) is 58.9. The van der Waals surface area contributed by atoms with Crippen molar-refractivity contribution in [2.75, 3.05) is 20.3 Å². The van der Waals surface area contributed by atoms with Gasteiger partial charge in [-0.1, -0.05) is 53.5 Å². The van der Waals surface area contributed by atoms with Crippen molar-refractivity contribution in [2.24, 2.45) is 0 Å². The Labute approximate surface area is 360 Å². The molecule has 0 unspecified atom stereocenters. The number of carbonyl (C=O) groups is 2. The third-order valence-corrected chi connectivity index (χ3v) is 10.7. The number of hydrogen-bond acceptors (Lipinski definition) is 12. The van der Waals surface area contributed by atoms with Gasteiger partial charge in [0.25, 0.3) is 0 Å². The first kappa shape index (κ1) is 44.3. The molecule has 6 rings (SSSR count). The zero-order valence-corrected chi connectivity index (χ0v) is 34.6. The number of carboxylic acid groups (broad SMARTS) is 2. The minimum atomic E-state index is -1.20. The van der Waals surface area contributed by atoms with Gasteiger partial charge in [0.05, 0.1) is 49.2 Å². The van der Waals surface area contributed by atoms with Crippen LogP contribution in [0, 0.1) is 18.3 Å². The van der Waals surface area contributed by atoms with Gasteiger partial charge in [-0.3, -0.25) is 29.9 Å². The highest BCUT2D eigenvalue weighted by Crippen LogP contribution is 2.36. The van der Waals surface area contributed by atoms with E-state index in [1.54, 1.807) is 42.7 Å². The number of aromatic nitrogens is 3. The van der Waals surface area contributed by atoms with E-state index in [2.05, 4.69) is 21.7 Å². The van der Waals surface area contributed by atoms with E-state index in [0.29, 0.717) is 55.1 Å². The fraction of sp³-hybridized carbons (Fsp3) is 0.250. The van der Waals surface area contributed by atoms with Gasteiger partial charge in [-0.15, -0.1) is 0 Å². The van der Waals surface area contributed by atoms with Crippen LogP contribution in [0.3, 0.4) is 0 Å². The van der Waals surface area contributed by atoms with Gasteiger partial charge in [0.2, 0.25) is 0 Å². The van der Waals surface area contributed by atoms with Crippen LogP contribution in [0.15, 0.2) is 85.3 Å². The summed E-state index contributed by atoms with van der Waals surface area (Å²) in [4.78, 5) is 27.0. The summed E-state index contributed by atoms with van der Waals surface area (Å²) in [6, 6.07) is 20.0. The fourth-order valence-corrected chi connectivity index (χ4v) is 7.16. The van der Waals surface area contributed by atoms with Gasteiger partial charge in [-0.2, -0.15) is 10.4 Å². The van der Waals surface area contributed by atoms with Crippen molar-refractivity contribution < 1.29 is 44.2 Å². The topological polar surface area (TPSA) is 221 Å². The molecule has 6 N–H and O–H groups in total. The molecule has 0 aliphatic rings. The van der Waals surface area contributed by atoms with E-state index in [4.69, 9.17) is 42.5 Å². The number of methoxy groups -OCH3 is 1. The second-order valence-electron chi connectivity index (χ2n) is 14.0. The molecule has 17 heteroatoms. The molecule has 0 fully saturated rings. The van der Waals surface area contributed by atoms with Gasteiger partial charge in [-0.25, -0.2) is 0 Å². The van der Waals surface area contributed by atoms with Crippen LogP contribution < -0.4 is 24.8 Å². The molecule has 0 bridgehead atoms. The summed E-state index contributed by atoms with van der Waals surface area (Å²) < 4.78 is 19.8. The Morgan fingerprint density at radius 3 is 2.11 bits per heavy atom. The van der Waals surface area contributed by atoms with Crippen molar-refractivity contribution in [3.05, 3.63) is 134 Å². The van der Waals surface area contributed by atoms with E-state index < -0.39 is 37.2 Å². The lowest BCUT2D eigenvalue weighted by atomic mass is 9.94. The first-order valence-electron chi connectivity index (χ1n) is 18.9. The number of fused-ring (bicyclic) bond motifs is 1. The Balaban J connectivity index is 1.24. The van der Waals surface area contributed by atoms with Crippen molar-refractivity contribution in [3.63, 3.8) is 0 Å². The highest BCUT2D eigenvalue weighted by atomic mass is 35.5. The molecule has 4 aromatic carbocycles. The monoisotopic (exact) mass is 868 g/mol. The maximum absolute atomic E-state index is 11.6. The highest BCUT2D eigenvalue weighted by molar-refractivity contribution is 6.32. The van der Waals surface area contributed by atoms with E-state index in [0.717, 1.165) is 33.2 Å². The van der Waals surface area contributed by atoms with Crippen LogP contribution in [-0.4, -0.2) is 79.5 Å². The average Bonchev–Trinajstić information content (AvgIpc) is 3.67. The third-order valence-electron chi connectivity index (χ3n) is 10.0. The lowest BCUT2D eigenvalue weighted by Crippen LogP contribution is -2.39. The number of aliphatic hydroxyl groups excluding tert-OH is 2. The van der Waals surface area contributed by atoms with Crippen molar-refractivity contribution in [1.29, 1.82) is 5.26 Å². The largest absolute Gasteiger partial charge is 0.496 e. The van der Waals surface area contributed by atoms with E-state index in [1.807, 2.05) is 48.0 Å². The molecule has 61 heavy (non-hydrogen) atoms. The quantitative estimate of drug-likeness (QED) is 0.0529. The number of halogens is 2. The molecule has 0 radical (unpaired) electrons. The predicted molar refractivity (Wildman–Crippen MR) is 227 cm³/mol. The summed E-state index contributed by atoms with van der Waals surface area (Å²) in [6.07, 6.45) is 4.84. The van der Waals surface area contributed by atoms with E-state index in [1.165, 1.54) is 13.3 Å². The summed E-state index contributed by atoms with van der Waals surface area (Å²) in [6.45, 7) is 1.49. The molecule has 0 aliphatic heterocycles. The van der Waals surface area contributed by atoms with Gasteiger partial charge in [0.1, 0.15) is 48.6 Å². The van der Waals surface area contributed by atoms with E-state index in [9.17, 15) is 35.3 Å². The summed E-state index contributed by atoms with van der Waals surface area (Å²) in [7, 11) is 1.49. The molecule has 0 aliphatic carbocycles. The number of nitriles is 1. The molecule has 2 aromatic heterocycles. The first-order valence-corrected chi connectivity index (χ1v) is 19.6. The average molecular weight is 870 g/mol. The number of nitrogens with zero attached hydrogens (tertiary/aromatic N) is 4. The number of ether oxygens (including phenoxy) is 3. The number of pyridine rings is 1. The Hall–Kier alpha value is -6.25. The molecule has 316 valence electrons. The number of aliphatic hydroxyl groups is 2. The number of rotatable bonds is 20. The molecular weight excluding hydrogens is 827 g/mol. The maximum atomic E-state index is 11.6. The van der Waals surface area contributed by atoms with Crippen LogP contribution in [0.25, 0.3) is 22.0 Å². The van der Waals surface area contributed by atoms with Gasteiger partial charge < -0.3 is 34.6 Å². The van der Waals surface area contributed by atoms with Crippen LogP contribution in [0.5, 0.6) is 17.2 Å². The summed E-state index contributed by atoms with van der Waals surface area (Å²) >= 11 is 13.5. The molecule has 2 atom stereocenters. The molecule has 2 heterocycles. The second kappa shape index (κ2) is 20.3. The van der Waals surface area contributed by atoms with Crippen molar-refractivity contribution in [3.8, 4) is 34.4 Å². The zero-order chi connectivity index (χ0) is 43.6. The third kappa shape index (κ3) is 10.6. The zero-order valence-electron chi connectivity index (χ0n) is 33.1. The number of benzene rings is 4. The van der Waals surface area contributed by atoms with Gasteiger partial charge in [0.15, 0.2) is 0 Å². The molecular formula is C44H42Cl2N6O9. The van der Waals surface area contributed by atoms with Gasteiger partial charge in [0, 0.05) is 58.6 Å². The van der Waals surface area contributed by atoms with Crippen molar-refractivity contribution in [1.82, 2.24) is 25.4 Å². The number of hydrogen-bond donors (Lipinski definition) is 6. The summed E-state index contributed by atoms with van der Waals surface area (Å²) in [5.41, 5.74) is 7.52. The Morgan fingerprint density at radius 2 is 1.44 bits per heavy atom. The number of carboxylic acids is 2. The maximum Gasteiger partial charge on any atom is 0.323 e. The Bertz CT molecular complexity index is 2600. The minimum Gasteiger partial charge on any atom is -0.496 e. The molecule has 0 spiro atoms. The second-order valence-corrected chi connectivity index (χ2v) is 14.8. The number of nitrogens with one attached hydrogen (secondary N) is 2. The van der Waals surface area contributed by atoms with Crippen LogP contribution in [0.1, 0.15) is 38.9 Å². The van der Waals surface area contributed by atoms with E-state index in [-0.39, 0.29) is 32.8 Å². The van der Waals surface area contributed by atoms with Crippen LogP contribution in [0.2, 0.25) is 10.0 Å². The minimum absolute atomic E-state index is 0.0364. The lowest BCUT2D eigenvalue weighted by Gasteiger charge is -2.18. The number of aliphatic carboxylic acids is 2. The van der Waals surface area contributed by atoms with Crippen molar-refractivity contribution in [2.45, 2.75) is 51.9 Å². The van der Waals surface area contributed by atoms with Crippen LogP contribution in [-0.2, 0) is 42.4 Å². The van der Waals surface area contributed by atoms with E-state index >= 15 is 0 Å². The smallest absolute Gasteiger partial charge is 0.323 e. The standard InChI is InChI=1S/C44H42Cl2N6O9/c1-25-28(24-61-42-13-40(59-2)29(11-36(42)46)17-49-37(21-53)43(55)56)5-3-6-32(25)33-7-4-8-39-34(33)19-51-52(39)20-31-12-41(60-23-27-9-26(14-47)15-48-16-27)30(10-35(31)45)18-50-38(22-54)44(57)58/h3-13,15-16,19,37-38,49-50,53-54H,17-18,20-24H2,1-2H3,(H,55,56)(H,57,58)/t37-,38-/m0/s1. The van der Waals surface area contributed by atoms with Crippen molar-refractivity contribution >= 4 is 46.0 Å². The molecule has 15 nitrogen and oxygen atoms in total. The van der Waals surface area contributed by atoms with Gasteiger partial charge >= 0.3 is 11.9 Å². The van der Waals surface area contributed by atoms with Crippen LogP contribution >= 0.6 is 23.2 Å². The summed E-state index contributed by atoms with van der Waals surface area (Å²) in [5.74, 6) is -1.15. The lowest BCUT2D eigenvalue weighted by molar-refractivity contribution is -0.141. The Morgan fingerprint density at radius 1 is 0.787 bits per heavy atom. The Kier molecular flexibility index (Phi) is 14.8. The normalized spacial score (nSPS) is 12.1. The molecule has 0 amide bonds. The first-order chi connectivity index (χ1) is 29.4.